The lowest BCUT2D eigenvalue weighted by Crippen LogP contribution is -2.18. The highest BCUT2D eigenvalue weighted by Crippen LogP contribution is 2.31. The molecule has 4 rings (SSSR count). The first-order valence-corrected chi connectivity index (χ1v) is 10.3. The van der Waals surface area contributed by atoms with Gasteiger partial charge in [0.25, 0.3) is 0 Å². The lowest BCUT2D eigenvalue weighted by Gasteiger charge is -2.11. The minimum Gasteiger partial charge on any atom is -0.439 e. The van der Waals surface area contributed by atoms with Crippen LogP contribution in [0.5, 0.6) is 11.6 Å². The van der Waals surface area contributed by atoms with Gasteiger partial charge in [0.15, 0.2) is 0 Å². The standard InChI is InChI=1S/C24H21F3N4O2/c1-15(2)10-19-13-22(29-14-28-19)33-20-6-7-21-16(11-20)8-9-31(21)23(32)30-18-5-3-4-17(12-18)24(25,26)27/h3-9,11-15H,10H2,1-2H3,(H,30,32). The summed E-state index contributed by atoms with van der Waals surface area (Å²) < 4.78 is 45.9. The van der Waals surface area contributed by atoms with E-state index in [2.05, 4.69) is 29.1 Å². The highest BCUT2D eigenvalue weighted by Gasteiger charge is 2.30. The largest absolute Gasteiger partial charge is 0.439 e. The number of aromatic nitrogens is 3. The molecule has 0 aliphatic carbocycles. The number of benzene rings is 2. The molecule has 2 heterocycles. The van der Waals surface area contributed by atoms with Crippen molar-refractivity contribution in [2.75, 3.05) is 5.32 Å². The van der Waals surface area contributed by atoms with Crippen LogP contribution in [0.25, 0.3) is 10.9 Å². The molecule has 9 heteroatoms. The SMILES string of the molecule is CC(C)Cc1cc(Oc2ccc3c(ccn3C(=O)Nc3cccc(C(F)(F)F)c3)c2)ncn1. The Morgan fingerprint density at radius 1 is 1.09 bits per heavy atom. The Balaban J connectivity index is 1.52. The summed E-state index contributed by atoms with van der Waals surface area (Å²) in [6.45, 7) is 4.20. The van der Waals surface area contributed by atoms with Crippen LogP contribution in [-0.2, 0) is 12.6 Å². The van der Waals surface area contributed by atoms with E-state index >= 15 is 0 Å². The molecule has 0 saturated carbocycles. The number of halogens is 3. The number of rotatable bonds is 5. The van der Waals surface area contributed by atoms with Crippen LogP contribution >= 0.6 is 0 Å². The monoisotopic (exact) mass is 454 g/mol. The molecule has 0 fully saturated rings. The average Bonchev–Trinajstić information content (AvgIpc) is 3.16. The lowest BCUT2D eigenvalue weighted by molar-refractivity contribution is -0.137. The van der Waals surface area contributed by atoms with Crippen molar-refractivity contribution in [1.82, 2.24) is 14.5 Å². The number of fused-ring (bicyclic) bond motifs is 1. The van der Waals surface area contributed by atoms with Gasteiger partial charge in [0.1, 0.15) is 12.1 Å². The molecule has 0 spiro atoms. The first-order chi connectivity index (χ1) is 15.7. The maximum Gasteiger partial charge on any atom is 0.416 e. The lowest BCUT2D eigenvalue weighted by atomic mass is 10.1. The summed E-state index contributed by atoms with van der Waals surface area (Å²) in [5.41, 5.74) is 0.682. The molecule has 0 atom stereocenters. The summed E-state index contributed by atoms with van der Waals surface area (Å²) in [4.78, 5) is 21.1. The molecule has 6 nitrogen and oxygen atoms in total. The van der Waals surface area contributed by atoms with Crippen molar-refractivity contribution >= 4 is 22.6 Å². The predicted molar refractivity (Wildman–Crippen MR) is 118 cm³/mol. The average molecular weight is 454 g/mol. The maximum absolute atomic E-state index is 12.9. The molecule has 1 amide bonds. The van der Waals surface area contributed by atoms with Crippen LogP contribution in [0.15, 0.2) is 67.1 Å². The van der Waals surface area contributed by atoms with Gasteiger partial charge in [-0.3, -0.25) is 4.57 Å². The second-order valence-electron chi connectivity index (χ2n) is 7.96. The number of nitrogens with zero attached hydrogens (tertiary/aromatic N) is 3. The van der Waals surface area contributed by atoms with Crippen LogP contribution in [-0.4, -0.2) is 20.6 Å². The summed E-state index contributed by atoms with van der Waals surface area (Å²) in [5.74, 6) is 1.40. The summed E-state index contributed by atoms with van der Waals surface area (Å²) in [6, 6.07) is 12.6. The molecule has 0 unspecified atom stereocenters. The summed E-state index contributed by atoms with van der Waals surface area (Å²) in [7, 11) is 0. The Kier molecular flexibility index (Phi) is 6.04. The molecular formula is C24H21F3N4O2. The van der Waals surface area contributed by atoms with Gasteiger partial charge in [-0.2, -0.15) is 13.2 Å². The first-order valence-electron chi connectivity index (χ1n) is 10.3. The molecule has 0 saturated heterocycles. The predicted octanol–water partition coefficient (Wildman–Crippen LogP) is 6.52. The van der Waals surface area contributed by atoms with E-state index in [-0.39, 0.29) is 5.69 Å². The number of carbonyl (C=O) groups excluding carboxylic acids is 1. The number of ether oxygens (including phenoxy) is 1. The molecule has 33 heavy (non-hydrogen) atoms. The number of amides is 1. The van der Waals surface area contributed by atoms with Crippen LogP contribution in [0.4, 0.5) is 23.7 Å². The highest BCUT2D eigenvalue weighted by molar-refractivity contribution is 5.98. The zero-order valence-corrected chi connectivity index (χ0v) is 17.9. The molecule has 2 aromatic heterocycles. The van der Waals surface area contributed by atoms with E-state index in [0.717, 1.165) is 29.6 Å². The van der Waals surface area contributed by atoms with Gasteiger partial charge in [-0.25, -0.2) is 14.8 Å². The van der Waals surface area contributed by atoms with E-state index in [1.807, 2.05) is 0 Å². The van der Waals surface area contributed by atoms with Crippen molar-refractivity contribution in [3.63, 3.8) is 0 Å². The Hall–Kier alpha value is -3.88. The summed E-state index contributed by atoms with van der Waals surface area (Å²) in [6.07, 6.45) is -0.679. The molecule has 170 valence electrons. The van der Waals surface area contributed by atoms with Gasteiger partial charge < -0.3 is 10.1 Å². The molecule has 0 aliphatic heterocycles. The number of nitrogens with one attached hydrogen (secondary N) is 1. The Morgan fingerprint density at radius 3 is 2.67 bits per heavy atom. The Labute approximate surface area is 188 Å². The van der Waals surface area contributed by atoms with E-state index in [0.29, 0.717) is 23.1 Å². The normalized spacial score (nSPS) is 11.7. The summed E-state index contributed by atoms with van der Waals surface area (Å²) in [5, 5.41) is 3.23. The van der Waals surface area contributed by atoms with Gasteiger partial charge in [-0.05, 0) is 54.8 Å². The van der Waals surface area contributed by atoms with Crippen LogP contribution in [0.1, 0.15) is 25.1 Å². The van der Waals surface area contributed by atoms with Crippen LogP contribution in [0.3, 0.4) is 0 Å². The van der Waals surface area contributed by atoms with Gasteiger partial charge in [-0.1, -0.05) is 19.9 Å². The Morgan fingerprint density at radius 2 is 1.91 bits per heavy atom. The second kappa shape index (κ2) is 8.93. The fraction of sp³-hybridized carbons (Fsp3) is 0.208. The van der Waals surface area contributed by atoms with E-state index in [4.69, 9.17) is 4.74 Å². The number of alkyl halides is 3. The van der Waals surface area contributed by atoms with Crippen molar-refractivity contribution in [3.05, 3.63) is 78.4 Å². The van der Waals surface area contributed by atoms with E-state index in [9.17, 15) is 18.0 Å². The van der Waals surface area contributed by atoms with Gasteiger partial charge in [0.2, 0.25) is 5.88 Å². The van der Waals surface area contributed by atoms with Crippen molar-refractivity contribution in [1.29, 1.82) is 0 Å². The minimum atomic E-state index is -4.49. The molecule has 0 aliphatic rings. The Bertz CT molecular complexity index is 1300. The van der Waals surface area contributed by atoms with Gasteiger partial charge in [-0.15, -0.1) is 0 Å². The van der Waals surface area contributed by atoms with Gasteiger partial charge in [0, 0.05) is 29.0 Å². The first kappa shape index (κ1) is 22.3. The fourth-order valence-corrected chi connectivity index (χ4v) is 3.40. The molecule has 1 N–H and O–H groups in total. The number of anilines is 1. The van der Waals surface area contributed by atoms with E-state index < -0.39 is 17.8 Å². The third-order valence-corrected chi connectivity index (χ3v) is 4.86. The van der Waals surface area contributed by atoms with Crippen molar-refractivity contribution < 1.29 is 22.7 Å². The quantitative estimate of drug-likeness (QED) is 0.373. The number of hydrogen-bond donors (Lipinski definition) is 1. The number of hydrogen-bond acceptors (Lipinski definition) is 4. The van der Waals surface area contributed by atoms with Gasteiger partial charge in [0.05, 0.1) is 11.1 Å². The third-order valence-electron chi connectivity index (χ3n) is 4.86. The fourth-order valence-electron chi connectivity index (χ4n) is 3.40. The van der Waals surface area contributed by atoms with E-state index in [1.54, 1.807) is 36.5 Å². The molecular weight excluding hydrogens is 433 g/mol. The van der Waals surface area contributed by atoms with Crippen molar-refractivity contribution in [2.24, 2.45) is 5.92 Å². The maximum atomic E-state index is 12.9. The topological polar surface area (TPSA) is 69.0 Å². The zero-order chi connectivity index (χ0) is 23.6. The van der Waals surface area contributed by atoms with Crippen LogP contribution < -0.4 is 10.1 Å². The molecule has 0 radical (unpaired) electrons. The molecule has 2 aromatic carbocycles. The highest BCUT2D eigenvalue weighted by atomic mass is 19.4. The van der Waals surface area contributed by atoms with Crippen molar-refractivity contribution in [2.45, 2.75) is 26.4 Å². The minimum absolute atomic E-state index is 0.0533. The van der Waals surface area contributed by atoms with Gasteiger partial charge >= 0.3 is 12.2 Å². The summed E-state index contributed by atoms with van der Waals surface area (Å²) >= 11 is 0. The third kappa shape index (κ3) is 5.31. The molecule has 0 bridgehead atoms. The smallest absolute Gasteiger partial charge is 0.416 e. The van der Waals surface area contributed by atoms with E-state index in [1.165, 1.54) is 23.0 Å². The molecule has 4 aromatic rings. The van der Waals surface area contributed by atoms with Crippen LogP contribution in [0, 0.1) is 5.92 Å². The van der Waals surface area contributed by atoms with Crippen LogP contribution in [0.2, 0.25) is 0 Å². The second-order valence-corrected chi connectivity index (χ2v) is 7.96. The zero-order valence-electron chi connectivity index (χ0n) is 17.9. The number of carbonyl (C=O) groups is 1. The van der Waals surface area contributed by atoms with Crippen molar-refractivity contribution in [3.8, 4) is 11.6 Å².